The summed E-state index contributed by atoms with van der Waals surface area (Å²) in [6.45, 7) is 0. The number of hydrogen-bond donors (Lipinski definition) is 0. The largest absolute Gasteiger partial charge is 0.497 e. The monoisotopic (exact) mass is 423 g/mol. The van der Waals surface area contributed by atoms with Crippen molar-refractivity contribution in [2.75, 3.05) is 35.5 Å². The molecule has 0 bridgehead atoms. The number of ketones is 1. The molecule has 0 saturated carbocycles. The van der Waals surface area contributed by atoms with Crippen LogP contribution in [0.15, 0.2) is 29.3 Å². The van der Waals surface area contributed by atoms with Crippen LogP contribution >= 0.6 is 0 Å². The topological polar surface area (TPSA) is 144 Å². The first-order chi connectivity index (χ1) is 14.2. The first-order valence-electron chi connectivity index (χ1n) is 8.34. The summed E-state index contributed by atoms with van der Waals surface area (Å²) in [4.78, 5) is 65.5. The van der Waals surface area contributed by atoms with Crippen molar-refractivity contribution >= 4 is 41.1 Å². The highest BCUT2D eigenvalue weighted by Crippen LogP contribution is 2.25. The maximum absolute atomic E-state index is 12.5. The second kappa shape index (κ2) is 11.3. The Balaban J connectivity index is 3.69. The number of ether oxygens (including phenoxy) is 5. The summed E-state index contributed by atoms with van der Waals surface area (Å²) in [5, 5.41) is 0. The van der Waals surface area contributed by atoms with Crippen LogP contribution in [0.4, 0.5) is 5.69 Å². The minimum atomic E-state index is -2.09. The van der Waals surface area contributed by atoms with E-state index in [-0.39, 0.29) is 5.69 Å². The van der Waals surface area contributed by atoms with Gasteiger partial charge >= 0.3 is 23.9 Å². The third kappa shape index (κ3) is 5.63. The fourth-order valence-electron chi connectivity index (χ4n) is 2.42. The predicted molar refractivity (Wildman–Crippen MR) is 100 cm³/mol. The van der Waals surface area contributed by atoms with Crippen molar-refractivity contribution in [1.82, 2.24) is 0 Å². The number of esters is 4. The van der Waals surface area contributed by atoms with Crippen molar-refractivity contribution in [1.29, 1.82) is 0 Å². The van der Waals surface area contributed by atoms with Crippen LogP contribution in [0.1, 0.15) is 0 Å². The number of rotatable bonds is 9. The molecule has 2 atom stereocenters. The van der Waals surface area contributed by atoms with Crippen LogP contribution < -0.4 is 4.74 Å². The molecule has 30 heavy (non-hydrogen) atoms. The maximum atomic E-state index is 12.5. The average Bonchev–Trinajstić information content (AvgIpc) is 2.79. The molecule has 0 aromatic heterocycles. The number of carbonyl (C=O) groups is 5. The first kappa shape index (κ1) is 24.3. The average molecular weight is 423 g/mol. The normalized spacial score (nSPS) is 12.8. The number of benzene rings is 1. The van der Waals surface area contributed by atoms with Crippen molar-refractivity contribution < 1.29 is 47.7 Å². The Labute approximate surface area is 171 Å². The summed E-state index contributed by atoms with van der Waals surface area (Å²) in [5.74, 6) is -9.99. The van der Waals surface area contributed by atoms with Crippen LogP contribution in [0.5, 0.6) is 5.75 Å². The molecule has 11 nitrogen and oxygen atoms in total. The smallest absolute Gasteiger partial charge is 0.375 e. The van der Waals surface area contributed by atoms with Crippen molar-refractivity contribution in [2.45, 2.75) is 0 Å². The Morgan fingerprint density at radius 3 is 1.63 bits per heavy atom. The van der Waals surface area contributed by atoms with Gasteiger partial charge in [-0.1, -0.05) is 0 Å². The molecular formula is C19H21NO10. The molecule has 162 valence electrons. The summed E-state index contributed by atoms with van der Waals surface area (Å²) in [5.41, 5.74) is -0.485. The molecule has 0 aliphatic rings. The van der Waals surface area contributed by atoms with Crippen LogP contribution in [0, 0.1) is 11.8 Å². The van der Waals surface area contributed by atoms with Gasteiger partial charge in [-0.15, -0.1) is 0 Å². The molecule has 11 heteroatoms. The lowest BCUT2D eigenvalue weighted by molar-refractivity contribution is -0.164. The van der Waals surface area contributed by atoms with E-state index in [1.54, 1.807) is 0 Å². The lowest BCUT2D eigenvalue weighted by Gasteiger charge is -2.22. The molecule has 0 aliphatic heterocycles. The zero-order valence-corrected chi connectivity index (χ0v) is 17.0. The second-order valence-electron chi connectivity index (χ2n) is 5.54. The van der Waals surface area contributed by atoms with Gasteiger partial charge in [-0.3, -0.25) is 14.4 Å². The summed E-state index contributed by atoms with van der Waals surface area (Å²) >= 11 is 0. The minimum absolute atomic E-state index is 0.166. The molecule has 0 spiro atoms. The molecule has 0 heterocycles. The molecule has 1 rings (SSSR count). The van der Waals surface area contributed by atoms with Gasteiger partial charge in [-0.05, 0) is 24.3 Å². The molecule has 0 radical (unpaired) electrons. The third-order valence-corrected chi connectivity index (χ3v) is 3.92. The Morgan fingerprint density at radius 2 is 1.20 bits per heavy atom. The number of nitrogens with zero attached hydrogens (tertiary/aromatic N) is 1. The van der Waals surface area contributed by atoms with E-state index < -0.39 is 47.2 Å². The van der Waals surface area contributed by atoms with E-state index in [1.807, 2.05) is 0 Å². The Kier molecular flexibility index (Phi) is 9.14. The van der Waals surface area contributed by atoms with Gasteiger partial charge < -0.3 is 23.7 Å². The highest BCUT2D eigenvalue weighted by atomic mass is 16.5. The highest BCUT2D eigenvalue weighted by Gasteiger charge is 2.49. The van der Waals surface area contributed by atoms with Crippen LogP contribution in [-0.2, 0) is 42.9 Å². The van der Waals surface area contributed by atoms with Crippen molar-refractivity contribution in [2.24, 2.45) is 16.8 Å². The van der Waals surface area contributed by atoms with Crippen molar-refractivity contribution in [3.05, 3.63) is 24.3 Å². The number of methoxy groups -OCH3 is 5. The van der Waals surface area contributed by atoms with Crippen molar-refractivity contribution in [3.8, 4) is 5.75 Å². The summed E-state index contributed by atoms with van der Waals surface area (Å²) in [6, 6.07) is 5.95. The number of carbonyl (C=O) groups excluding carboxylic acids is 5. The summed E-state index contributed by atoms with van der Waals surface area (Å²) < 4.78 is 23.2. The van der Waals surface area contributed by atoms with E-state index in [2.05, 4.69) is 23.9 Å². The number of hydrogen-bond acceptors (Lipinski definition) is 11. The molecule has 1 aromatic rings. The molecule has 0 saturated heterocycles. The fraction of sp³-hybridized carbons (Fsp3) is 0.368. The third-order valence-electron chi connectivity index (χ3n) is 3.92. The summed E-state index contributed by atoms with van der Waals surface area (Å²) in [7, 11) is 5.27. The molecule has 0 amide bonds. The van der Waals surface area contributed by atoms with Crippen LogP contribution in [0.2, 0.25) is 0 Å². The van der Waals surface area contributed by atoms with Gasteiger partial charge in [0.15, 0.2) is 0 Å². The van der Waals surface area contributed by atoms with Gasteiger partial charge in [-0.2, -0.15) is 0 Å². The van der Waals surface area contributed by atoms with Crippen LogP contribution in [0.3, 0.4) is 0 Å². The van der Waals surface area contributed by atoms with E-state index in [9.17, 15) is 24.0 Å². The van der Waals surface area contributed by atoms with E-state index in [4.69, 9.17) is 4.74 Å². The quantitative estimate of drug-likeness (QED) is 0.178. The zero-order valence-electron chi connectivity index (χ0n) is 17.0. The SMILES string of the molecule is COC(=O)C(=O)C(C(=O)OC)C(C(=O)OC)C(=Nc1ccc(OC)cc1)C(=O)OC. The van der Waals surface area contributed by atoms with Gasteiger partial charge in [0, 0.05) is 0 Å². The van der Waals surface area contributed by atoms with E-state index in [1.165, 1.54) is 31.4 Å². The van der Waals surface area contributed by atoms with E-state index in [0.717, 1.165) is 28.4 Å². The molecule has 0 N–H and O–H groups in total. The second-order valence-corrected chi connectivity index (χ2v) is 5.54. The Hall–Kier alpha value is -3.76. The zero-order chi connectivity index (χ0) is 22.8. The standard InChI is InChI=1S/C19H21NO10/c1-26-11-8-6-10(7-9-11)20-14(18(24)29-4)12(16(22)27-2)13(17(23)28-3)15(21)19(25)30-5/h6-9,12-13H,1-5H3. The van der Waals surface area contributed by atoms with Crippen molar-refractivity contribution in [3.63, 3.8) is 0 Å². The molecule has 0 aliphatic carbocycles. The van der Waals surface area contributed by atoms with Gasteiger partial charge in [-0.25, -0.2) is 14.6 Å². The Bertz CT molecular complexity index is 843. The number of aliphatic imine (C=N–C) groups is 1. The van der Waals surface area contributed by atoms with Gasteiger partial charge in [0.1, 0.15) is 23.3 Å². The van der Waals surface area contributed by atoms with Crippen LogP contribution in [-0.4, -0.2) is 70.9 Å². The number of Topliss-reactive ketones (excluding diaryl/α,β-unsaturated/α-hetero) is 1. The predicted octanol–water partition coefficient (Wildman–Crippen LogP) is 0.261. The lowest BCUT2D eigenvalue weighted by atomic mass is 9.84. The van der Waals surface area contributed by atoms with E-state index in [0.29, 0.717) is 5.75 Å². The molecule has 2 unspecified atom stereocenters. The molecule has 0 fully saturated rings. The maximum Gasteiger partial charge on any atom is 0.375 e. The summed E-state index contributed by atoms with van der Waals surface area (Å²) in [6.07, 6.45) is 0. The lowest BCUT2D eigenvalue weighted by Crippen LogP contribution is -2.46. The molecule has 1 aromatic carbocycles. The van der Waals surface area contributed by atoms with Gasteiger partial charge in [0.2, 0.25) is 0 Å². The highest BCUT2D eigenvalue weighted by molar-refractivity contribution is 6.45. The fourth-order valence-corrected chi connectivity index (χ4v) is 2.42. The molecular weight excluding hydrogens is 402 g/mol. The first-order valence-corrected chi connectivity index (χ1v) is 8.34. The van der Waals surface area contributed by atoms with Gasteiger partial charge in [0.05, 0.1) is 41.2 Å². The minimum Gasteiger partial charge on any atom is -0.497 e. The Morgan fingerprint density at radius 1 is 0.700 bits per heavy atom. The van der Waals surface area contributed by atoms with Gasteiger partial charge in [0.25, 0.3) is 5.78 Å². The van der Waals surface area contributed by atoms with Crippen LogP contribution in [0.25, 0.3) is 0 Å². The van der Waals surface area contributed by atoms with E-state index >= 15 is 0 Å².